The van der Waals surface area contributed by atoms with Crippen LogP contribution in [0, 0.1) is 12.3 Å². The summed E-state index contributed by atoms with van der Waals surface area (Å²) in [5.74, 6) is -0.611. The first-order valence-corrected chi connectivity index (χ1v) is 7.67. The summed E-state index contributed by atoms with van der Waals surface area (Å²) in [6, 6.07) is 16.4. The molecule has 2 rings (SSSR count). The molecular weight excluding hydrogens is 304 g/mol. The summed E-state index contributed by atoms with van der Waals surface area (Å²) in [6.07, 6.45) is 2.85. The van der Waals surface area contributed by atoms with Gasteiger partial charge in [0.2, 0.25) is 0 Å². The van der Waals surface area contributed by atoms with Gasteiger partial charge in [0.15, 0.2) is 0 Å². The minimum Gasteiger partial charge on any atom is -0.511 e. The third-order valence-corrected chi connectivity index (χ3v) is 4.00. The van der Waals surface area contributed by atoms with E-state index in [0.717, 1.165) is 5.56 Å². The van der Waals surface area contributed by atoms with Crippen LogP contribution < -0.4 is 0 Å². The van der Waals surface area contributed by atoms with Crippen molar-refractivity contribution in [3.05, 3.63) is 82.8 Å². The van der Waals surface area contributed by atoms with Gasteiger partial charge in [-0.2, -0.15) is 0 Å². The first-order chi connectivity index (χ1) is 11.5. The van der Waals surface area contributed by atoms with Gasteiger partial charge in [-0.15, -0.1) is 0 Å². The summed E-state index contributed by atoms with van der Waals surface area (Å²) < 4.78 is 0. The van der Waals surface area contributed by atoms with Crippen molar-refractivity contribution in [2.24, 2.45) is 5.41 Å². The lowest BCUT2D eigenvalue weighted by Gasteiger charge is -2.28. The molecule has 0 heterocycles. The van der Waals surface area contributed by atoms with Crippen molar-refractivity contribution in [2.45, 2.75) is 6.92 Å². The van der Waals surface area contributed by atoms with E-state index in [-0.39, 0.29) is 11.5 Å². The van der Waals surface area contributed by atoms with Crippen molar-refractivity contribution in [1.82, 2.24) is 0 Å². The van der Waals surface area contributed by atoms with E-state index >= 15 is 0 Å². The lowest BCUT2D eigenvalue weighted by atomic mass is 9.83. The molecule has 0 aliphatic rings. The van der Waals surface area contributed by atoms with E-state index in [0.29, 0.717) is 11.1 Å². The van der Waals surface area contributed by atoms with E-state index in [4.69, 9.17) is 0 Å². The van der Waals surface area contributed by atoms with Crippen molar-refractivity contribution >= 4 is 12.2 Å². The van der Waals surface area contributed by atoms with Gasteiger partial charge in [-0.05, 0) is 30.2 Å². The van der Waals surface area contributed by atoms with Crippen molar-refractivity contribution in [3.63, 3.8) is 0 Å². The minimum atomic E-state index is -1.65. The van der Waals surface area contributed by atoms with Gasteiger partial charge in [0.1, 0.15) is 16.9 Å². The number of hydrogen-bond acceptors (Lipinski definition) is 4. The third-order valence-electron chi connectivity index (χ3n) is 4.00. The molecule has 0 aliphatic carbocycles. The van der Waals surface area contributed by atoms with E-state index in [1.165, 1.54) is 12.2 Å². The Balaban J connectivity index is 2.42. The van der Waals surface area contributed by atoms with E-state index in [1.54, 1.807) is 24.3 Å². The van der Waals surface area contributed by atoms with Gasteiger partial charge in [-0.25, -0.2) is 0 Å². The van der Waals surface area contributed by atoms with Crippen LogP contribution in [0.25, 0.3) is 12.2 Å². The van der Waals surface area contributed by atoms with E-state index in [2.05, 4.69) is 0 Å². The smallest absolute Gasteiger partial charge is 0.130 e. The predicted molar refractivity (Wildman–Crippen MR) is 95.4 cm³/mol. The number of aliphatic hydroxyl groups excluding tert-OH is 4. The largest absolute Gasteiger partial charge is 0.511 e. The summed E-state index contributed by atoms with van der Waals surface area (Å²) in [7, 11) is 0. The lowest BCUT2D eigenvalue weighted by molar-refractivity contribution is 0.0487. The van der Waals surface area contributed by atoms with Gasteiger partial charge in [0.25, 0.3) is 0 Å². The van der Waals surface area contributed by atoms with Crippen molar-refractivity contribution in [3.8, 4) is 0 Å². The van der Waals surface area contributed by atoms with Crippen molar-refractivity contribution in [1.29, 1.82) is 0 Å². The Morgan fingerprint density at radius 3 is 1.71 bits per heavy atom. The van der Waals surface area contributed by atoms with Gasteiger partial charge in [-0.1, -0.05) is 60.2 Å². The number of aliphatic hydroxyl groups is 4. The number of benzene rings is 2. The molecule has 0 bridgehead atoms. The lowest BCUT2D eigenvalue weighted by Crippen LogP contribution is -2.34. The highest BCUT2D eigenvalue weighted by molar-refractivity contribution is 5.58. The van der Waals surface area contributed by atoms with Gasteiger partial charge < -0.3 is 20.4 Å². The van der Waals surface area contributed by atoms with Gasteiger partial charge in [0, 0.05) is 0 Å². The molecule has 0 radical (unpaired) electrons. The number of rotatable bonds is 6. The van der Waals surface area contributed by atoms with Crippen molar-refractivity contribution in [2.75, 3.05) is 13.2 Å². The molecule has 24 heavy (non-hydrogen) atoms. The molecule has 0 amide bonds. The predicted octanol–water partition coefficient (Wildman–Crippen LogP) is 3.46. The van der Waals surface area contributed by atoms with Gasteiger partial charge in [-0.3, -0.25) is 0 Å². The zero-order valence-electron chi connectivity index (χ0n) is 13.6. The summed E-state index contributed by atoms with van der Waals surface area (Å²) in [5, 5.41) is 40.4. The summed E-state index contributed by atoms with van der Waals surface area (Å²) in [5.41, 5.74) is 0.830. The quantitative estimate of drug-likeness (QED) is 0.613. The Kier molecular flexibility index (Phi) is 5.79. The molecule has 0 unspecified atom stereocenters. The standard InChI is InChI=1S/C20H22O4/c1-15-7-9-17(10-8-15)12-19(24)20(13-21,14-22)18(23)11-16-5-3-2-4-6-16/h2-12,21-24H,13-14H2,1H3. The SMILES string of the molecule is Cc1ccc(C=C(O)C(CO)(CO)C(O)=Cc2ccccc2)cc1. The fraction of sp³-hybridized carbons (Fsp3) is 0.200. The van der Waals surface area contributed by atoms with Crippen LogP contribution in [0.2, 0.25) is 0 Å². The molecule has 0 aromatic heterocycles. The van der Waals surface area contributed by atoms with Crippen molar-refractivity contribution < 1.29 is 20.4 Å². The highest BCUT2D eigenvalue weighted by Crippen LogP contribution is 2.34. The van der Waals surface area contributed by atoms with Crippen LogP contribution in [0.4, 0.5) is 0 Å². The number of hydrogen-bond donors (Lipinski definition) is 4. The highest BCUT2D eigenvalue weighted by atomic mass is 16.3. The molecule has 2 aromatic rings. The van der Waals surface area contributed by atoms with E-state index < -0.39 is 18.6 Å². The Labute approximate surface area is 141 Å². The molecule has 126 valence electrons. The molecule has 0 aliphatic heterocycles. The van der Waals surface area contributed by atoms with Crippen LogP contribution in [-0.2, 0) is 0 Å². The first kappa shape index (κ1) is 17.8. The Morgan fingerprint density at radius 1 is 0.792 bits per heavy atom. The van der Waals surface area contributed by atoms with Crippen LogP contribution in [0.3, 0.4) is 0 Å². The maximum atomic E-state index is 10.5. The maximum Gasteiger partial charge on any atom is 0.130 e. The van der Waals surface area contributed by atoms with Crippen LogP contribution in [0.1, 0.15) is 16.7 Å². The second kappa shape index (κ2) is 7.81. The monoisotopic (exact) mass is 326 g/mol. The molecule has 4 nitrogen and oxygen atoms in total. The fourth-order valence-electron chi connectivity index (χ4n) is 2.31. The van der Waals surface area contributed by atoms with E-state index in [1.807, 2.05) is 37.3 Å². The summed E-state index contributed by atoms with van der Waals surface area (Å²) in [6.45, 7) is 0.688. The second-order valence-electron chi connectivity index (χ2n) is 5.78. The molecule has 2 aromatic carbocycles. The van der Waals surface area contributed by atoms with Crippen LogP contribution in [-0.4, -0.2) is 33.6 Å². The fourth-order valence-corrected chi connectivity index (χ4v) is 2.31. The Morgan fingerprint density at radius 2 is 1.25 bits per heavy atom. The zero-order valence-corrected chi connectivity index (χ0v) is 13.6. The molecule has 4 N–H and O–H groups in total. The molecule has 0 fully saturated rings. The molecule has 4 heteroatoms. The first-order valence-electron chi connectivity index (χ1n) is 7.67. The van der Waals surface area contributed by atoms with Crippen LogP contribution >= 0.6 is 0 Å². The minimum absolute atomic E-state index is 0.305. The zero-order chi connectivity index (χ0) is 17.6. The second-order valence-corrected chi connectivity index (χ2v) is 5.78. The molecule has 0 saturated carbocycles. The maximum absolute atomic E-state index is 10.5. The molecule has 0 spiro atoms. The Hall–Kier alpha value is -2.56. The number of aryl methyl sites for hydroxylation is 1. The van der Waals surface area contributed by atoms with E-state index in [9.17, 15) is 20.4 Å². The average molecular weight is 326 g/mol. The van der Waals surface area contributed by atoms with Gasteiger partial charge in [0.05, 0.1) is 13.2 Å². The average Bonchev–Trinajstić information content (AvgIpc) is 2.59. The topological polar surface area (TPSA) is 80.9 Å². The van der Waals surface area contributed by atoms with Crippen LogP contribution in [0.5, 0.6) is 0 Å². The molecular formula is C20H22O4. The van der Waals surface area contributed by atoms with Crippen LogP contribution in [0.15, 0.2) is 66.1 Å². The van der Waals surface area contributed by atoms with Gasteiger partial charge >= 0.3 is 0 Å². The third kappa shape index (κ3) is 3.85. The molecule has 0 saturated heterocycles. The highest BCUT2D eigenvalue weighted by Gasteiger charge is 2.38. The summed E-state index contributed by atoms with van der Waals surface area (Å²) >= 11 is 0. The Bertz CT molecular complexity index is 711. The normalized spacial score (nSPS) is 13.1. The summed E-state index contributed by atoms with van der Waals surface area (Å²) in [4.78, 5) is 0. The molecule has 0 atom stereocenters.